The fourth-order valence-electron chi connectivity index (χ4n) is 3.68. The summed E-state index contributed by atoms with van der Waals surface area (Å²) >= 11 is 5.80. The molecule has 0 spiro atoms. The van der Waals surface area contributed by atoms with Crippen LogP contribution >= 0.6 is 11.6 Å². The van der Waals surface area contributed by atoms with E-state index in [1.807, 2.05) is 0 Å². The molecule has 1 aliphatic carbocycles. The number of carboxylic acids is 1. The van der Waals surface area contributed by atoms with Crippen molar-refractivity contribution in [3.63, 3.8) is 0 Å². The maximum atomic E-state index is 14.4. The fraction of sp³-hybridized carbons (Fsp3) is 0.375. The van der Waals surface area contributed by atoms with Gasteiger partial charge in [0.1, 0.15) is 0 Å². The highest BCUT2D eigenvalue weighted by Crippen LogP contribution is 2.29. The van der Waals surface area contributed by atoms with E-state index < -0.39 is 11.8 Å². The number of amides is 1. The Morgan fingerprint density at radius 3 is 2.31 bits per heavy atom. The number of benzene rings is 2. The monoisotopic (exact) mass is 461 g/mol. The van der Waals surface area contributed by atoms with E-state index in [0.29, 0.717) is 49.2 Å². The van der Waals surface area contributed by atoms with Crippen LogP contribution in [0.3, 0.4) is 0 Å². The molecule has 170 valence electrons. The van der Waals surface area contributed by atoms with E-state index in [9.17, 15) is 18.8 Å². The Bertz CT molecular complexity index is 971. The van der Waals surface area contributed by atoms with Crippen LogP contribution in [0.25, 0.3) is 0 Å². The van der Waals surface area contributed by atoms with Crippen LogP contribution in [-0.2, 0) is 4.79 Å². The molecule has 3 rings (SSSR count). The topological polar surface area (TPSA) is 92.7 Å². The number of ether oxygens (including phenoxy) is 1. The third-order valence-corrected chi connectivity index (χ3v) is 5.80. The molecule has 1 amide bonds. The Morgan fingerprint density at radius 1 is 1.03 bits per heavy atom. The van der Waals surface area contributed by atoms with Gasteiger partial charge in [0, 0.05) is 29.1 Å². The summed E-state index contributed by atoms with van der Waals surface area (Å²) < 4.78 is 20.1. The number of hydrogen-bond donors (Lipinski definition) is 2. The second-order valence-electron chi connectivity index (χ2n) is 7.86. The molecular weight excluding hydrogens is 437 g/mol. The number of ketones is 1. The van der Waals surface area contributed by atoms with Gasteiger partial charge >= 0.3 is 5.97 Å². The lowest BCUT2D eigenvalue weighted by molar-refractivity contribution is -0.143. The fourth-order valence-corrected chi connectivity index (χ4v) is 3.80. The summed E-state index contributed by atoms with van der Waals surface area (Å²) in [6.07, 6.45) is 2.48. The molecule has 0 saturated heterocycles. The molecule has 32 heavy (non-hydrogen) atoms. The van der Waals surface area contributed by atoms with Gasteiger partial charge in [-0.2, -0.15) is 0 Å². The number of aliphatic carboxylic acids is 1. The van der Waals surface area contributed by atoms with Crippen molar-refractivity contribution >= 4 is 29.3 Å². The number of carboxylic acid groups (broad SMARTS) is 1. The Morgan fingerprint density at radius 2 is 1.69 bits per heavy atom. The van der Waals surface area contributed by atoms with Gasteiger partial charge in [-0.05, 0) is 74.6 Å². The minimum absolute atomic E-state index is 0.0653. The van der Waals surface area contributed by atoms with E-state index in [1.165, 1.54) is 12.1 Å². The number of halogens is 2. The normalized spacial score (nSPS) is 18.1. The summed E-state index contributed by atoms with van der Waals surface area (Å²) in [4.78, 5) is 35.4. The summed E-state index contributed by atoms with van der Waals surface area (Å²) in [6.45, 7) is 0.315. The summed E-state index contributed by atoms with van der Waals surface area (Å²) in [7, 11) is 0. The molecule has 8 heteroatoms. The average Bonchev–Trinajstić information content (AvgIpc) is 2.78. The van der Waals surface area contributed by atoms with Crippen molar-refractivity contribution in [2.24, 2.45) is 5.92 Å². The van der Waals surface area contributed by atoms with Crippen LogP contribution in [0.2, 0.25) is 5.02 Å². The van der Waals surface area contributed by atoms with Gasteiger partial charge in [0.25, 0.3) is 5.91 Å². The van der Waals surface area contributed by atoms with E-state index in [2.05, 4.69) is 5.32 Å². The molecule has 0 radical (unpaired) electrons. The zero-order valence-electron chi connectivity index (χ0n) is 17.5. The number of hydrogen-bond acceptors (Lipinski definition) is 4. The van der Waals surface area contributed by atoms with E-state index in [1.54, 1.807) is 24.3 Å². The molecule has 0 heterocycles. The molecular formula is C24H25ClFNO5. The van der Waals surface area contributed by atoms with Gasteiger partial charge in [0.05, 0.1) is 12.0 Å². The van der Waals surface area contributed by atoms with Gasteiger partial charge in [-0.1, -0.05) is 11.6 Å². The summed E-state index contributed by atoms with van der Waals surface area (Å²) in [5.74, 6) is -2.20. The first-order chi connectivity index (χ1) is 15.3. The average molecular weight is 462 g/mol. The van der Waals surface area contributed by atoms with Crippen LogP contribution in [0.15, 0.2) is 42.5 Å². The van der Waals surface area contributed by atoms with Crippen LogP contribution in [0, 0.1) is 11.7 Å². The third-order valence-electron chi connectivity index (χ3n) is 5.54. The zero-order chi connectivity index (χ0) is 23.1. The molecule has 1 saturated carbocycles. The van der Waals surface area contributed by atoms with Crippen LogP contribution in [0.1, 0.15) is 59.2 Å². The first-order valence-electron chi connectivity index (χ1n) is 10.6. The van der Waals surface area contributed by atoms with Gasteiger partial charge in [-0.3, -0.25) is 14.4 Å². The van der Waals surface area contributed by atoms with E-state index in [-0.39, 0.29) is 41.4 Å². The van der Waals surface area contributed by atoms with Gasteiger partial charge in [0.15, 0.2) is 17.3 Å². The maximum Gasteiger partial charge on any atom is 0.306 e. The number of rotatable bonds is 9. The van der Waals surface area contributed by atoms with Crippen molar-refractivity contribution in [3.05, 3.63) is 64.4 Å². The van der Waals surface area contributed by atoms with E-state index >= 15 is 0 Å². The molecule has 0 aromatic heterocycles. The quantitative estimate of drug-likeness (QED) is 0.409. The molecule has 0 atom stereocenters. The van der Waals surface area contributed by atoms with Crippen molar-refractivity contribution in [2.45, 2.75) is 44.6 Å². The van der Waals surface area contributed by atoms with Crippen molar-refractivity contribution in [1.82, 2.24) is 5.32 Å². The smallest absolute Gasteiger partial charge is 0.306 e. The number of Topliss-reactive ketones (excluding diaryl/α,β-unsaturated/α-hetero) is 1. The highest BCUT2D eigenvalue weighted by molar-refractivity contribution is 6.30. The van der Waals surface area contributed by atoms with E-state index in [4.69, 9.17) is 21.4 Å². The second-order valence-corrected chi connectivity index (χ2v) is 8.30. The SMILES string of the molecule is O=C(CCCNC(=O)c1ccc(Cl)cc1)c1ccc(OC2CCC(C(=O)O)CC2)c(F)c1. The van der Waals surface area contributed by atoms with Gasteiger partial charge < -0.3 is 15.2 Å². The van der Waals surface area contributed by atoms with Crippen LogP contribution in [0.4, 0.5) is 4.39 Å². The van der Waals surface area contributed by atoms with Crippen molar-refractivity contribution < 1.29 is 28.6 Å². The van der Waals surface area contributed by atoms with Crippen LogP contribution < -0.4 is 10.1 Å². The zero-order valence-corrected chi connectivity index (χ0v) is 18.2. The lowest BCUT2D eigenvalue weighted by Crippen LogP contribution is -2.28. The maximum absolute atomic E-state index is 14.4. The first kappa shape index (κ1) is 23.7. The predicted molar refractivity (Wildman–Crippen MR) is 118 cm³/mol. The number of carbonyl (C=O) groups is 3. The molecule has 2 aromatic rings. The highest BCUT2D eigenvalue weighted by atomic mass is 35.5. The van der Waals surface area contributed by atoms with Gasteiger partial charge in [-0.15, -0.1) is 0 Å². The van der Waals surface area contributed by atoms with Crippen molar-refractivity contribution in [1.29, 1.82) is 0 Å². The lowest BCUT2D eigenvalue weighted by Gasteiger charge is -2.27. The Hall–Kier alpha value is -2.93. The molecule has 2 N–H and O–H groups in total. The second kappa shape index (κ2) is 11.1. The first-order valence-corrected chi connectivity index (χ1v) is 11.0. The summed E-state index contributed by atoms with van der Waals surface area (Å²) in [5.41, 5.74) is 0.725. The molecule has 0 bridgehead atoms. The summed E-state index contributed by atoms with van der Waals surface area (Å²) in [5, 5.41) is 12.3. The minimum Gasteiger partial charge on any atom is -0.487 e. The van der Waals surface area contributed by atoms with Crippen LogP contribution in [-0.4, -0.2) is 35.4 Å². The van der Waals surface area contributed by atoms with Gasteiger partial charge in [-0.25, -0.2) is 4.39 Å². The third kappa shape index (κ3) is 6.53. The molecule has 1 aliphatic rings. The standard InChI is InChI=1S/C24H25ClFNO5/c25-18-8-3-15(4-9-18)23(29)27-13-1-2-21(28)17-7-12-22(20(26)14-17)32-19-10-5-16(6-11-19)24(30)31/h3-4,7-9,12,14,16,19H,1-2,5-6,10-11,13H2,(H,27,29)(H,30,31). The number of carbonyl (C=O) groups excluding carboxylic acids is 2. The minimum atomic E-state index is -0.804. The van der Waals surface area contributed by atoms with E-state index in [0.717, 1.165) is 6.07 Å². The largest absolute Gasteiger partial charge is 0.487 e. The molecule has 0 aliphatic heterocycles. The molecule has 6 nitrogen and oxygen atoms in total. The molecule has 1 fully saturated rings. The Labute approximate surface area is 190 Å². The van der Waals surface area contributed by atoms with Crippen molar-refractivity contribution in [3.8, 4) is 5.75 Å². The van der Waals surface area contributed by atoms with Gasteiger partial charge in [0.2, 0.25) is 0 Å². The summed E-state index contributed by atoms with van der Waals surface area (Å²) in [6, 6.07) is 10.6. The molecule has 2 aromatic carbocycles. The Balaban J connectivity index is 1.44. The highest BCUT2D eigenvalue weighted by Gasteiger charge is 2.27. The molecule has 0 unspecified atom stereocenters. The lowest BCUT2D eigenvalue weighted by atomic mass is 9.87. The predicted octanol–water partition coefficient (Wildman–Crippen LogP) is 4.89. The van der Waals surface area contributed by atoms with Crippen LogP contribution in [0.5, 0.6) is 5.75 Å². The number of nitrogens with one attached hydrogen (secondary N) is 1. The Kier molecular flexibility index (Phi) is 8.22. The van der Waals surface area contributed by atoms with Crippen molar-refractivity contribution in [2.75, 3.05) is 6.54 Å².